The average Bonchev–Trinajstić information content (AvgIpc) is 2.63. The molecular weight excluding hydrogens is 350 g/mol. The second-order valence-corrected chi connectivity index (χ2v) is 8.34. The van der Waals surface area contributed by atoms with Gasteiger partial charge in [-0.25, -0.2) is 8.42 Å². The first kappa shape index (κ1) is 20.0. The first-order valence-electron chi connectivity index (χ1n) is 8.62. The van der Waals surface area contributed by atoms with E-state index in [4.69, 9.17) is 4.74 Å². The number of para-hydroxylation sites is 1. The van der Waals surface area contributed by atoms with Gasteiger partial charge in [0.15, 0.2) is 9.84 Å². The highest BCUT2D eigenvalue weighted by molar-refractivity contribution is 7.92. The first-order valence-corrected chi connectivity index (χ1v) is 10.4. The Hall–Kier alpha value is -2.34. The minimum Gasteiger partial charge on any atom is -0.492 e. The number of carbonyl (C=O) groups excluding carboxylic acids is 1. The van der Waals surface area contributed by atoms with Crippen molar-refractivity contribution in [2.45, 2.75) is 12.8 Å². The highest BCUT2D eigenvalue weighted by atomic mass is 32.2. The van der Waals surface area contributed by atoms with E-state index in [0.29, 0.717) is 26.0 Å². The molecule has 140 valence electrons. The van der Waals surface area contributed by atoms with E-state index in [1.807, 2.05) is 60.7 Å². The van der Waals surface area contributed by atoms with Gasteiger partial charge < -0.3 is 9.64 Å². The molecule has 0 bridgehead atoms. The first-order chi connectivity index (χ1) is 12.5. The largest absolute Gasteiger partial charge is 0.492 e. The molecule has 0 spiro atoms. The molecule has 2 aromatic rings. The molecule has 0 fully saturated rings. The third-order valence-corrected chi connectivity index (χ3v) is 5.57. The van der Waals surface area contributed by atoms with Crippen molar-refractivity contribution in [3.63, 3.8) is 0 Å². The van der Waals surface area contributed by atoms with Crippen molar-refractivity contribution in [1.82, 2.24) is 4.90 Å². The van der Waals surface area contributed by atoms with Gasteiger partial charge >= 0.3 is 0 Å². The highest BCUT2D eigenvalue weighted by Gasteiger charge is 2.19. The normalized spacial score (nSPS) is 11.1. The van der Waals surface area contributed by atoms with Gasteiger partial charge in [-0.2, -0.15) is 0 Å². The van der Waals surface area contributed by atoms with Gasteiger partial charge in [-0.1, -0.05) is 48.5 Å². The maximum absolute atomic E-state index is 12.2. The fraction of sp³-hybridized carbons (Fsp3) is 0.350. The van der Waals surface area contributed by atoms with Gasteiger partial charge in [-0.3, -0.25) is 4.79 Å². The fourth-order valence-corrected chi connectivity index (χ4v) is 3.78. The van der Waals surface area contributed by atoms with Crippen molar-refractivity contribution in [2.75, 3.05) is 31.7 Å². The SMILES string of the molecule is CN(CCOc1ccccc1)C(=O)CS(=O)(=O)CCCc1ccccc1. The van der Waals surface area contributed by atoms with E-state index in [1.165, 1.54) is 4.90 Å². The molecule has 0 aromatic heterocycles. The molecule has 5 nitrogen and oxygen atoms in total. The van der Waals surface area contributed by atoms with Gasteiger partial charge in [0.25, 0.3) is 0 Å². The Morgan fingerprint density at radius 3 is 2.27 bits per heavy atom. The molecule has 0 aliphatic carbocycles. The molecular formula is C20H25NO4S. The quantitative estimate of drug-likeness (QED) is 0.640. The van der Waals surface area contributed by atoms with Crippen LogP contribution in [0.5, 0.6) is 5.75 Å². The predicted octanol–water partition coefficient (Wildman–Crippen LogP) is 2.57. The van der Waals surface area contributed by atoms with Crippen LogP contribution in [0.25, 0.3) is 0 Å². The summed E-state index contributed by atoms with van der Waals surface area (Å²) in [5, 5.41) is 0. The summed E-state index contributed by atoms with van der Waals surface area (Å²) < 4.78 is 29.8. The molecule has 0 unspecified atom stereocenters. The molecule has 2 rings (SSSR count). The lowest BCUT2D eigenvalue weighted by Crippen LogP contribution is -2.36. The zero-order valence-corrected chi connectivity index (χ0v) is 15.8. The third kappa shape index (κ3) is 7.27. The number of nitrogens with zero attached hydrogens (tertiary/aromatic N) is 1. The van der Waals surface area contributed by atoms with Crippen LogP contribution in [0.1, 0.15) is 12.0 Å². The zero-order chi connectivity index (χ0) is 18.8. The van der Waals surface area contributed by atoms with E-state index >= 15 is 0 Å². The summed E-state index contributed by atoms with van der Waals surface area (Å²) in [6.07, 6.45) is 1.20. The van der Waals surface area contributed by atoms with Crippen LogP contribution in [0.4, 0.5) is 0 Å². The summed E-state index contributed by atoms with van der Waals surface area (Å²) in [5.74, 6) is -0.116. The number of sulfone groups is 1. The standard InChI is InChI=1S/C20H25NO4S/c1-21(14-15-25-19-12-6-3-7-13-19)20(22)17-26(23,24)16-8-11-18-9-4-2-5-10-18/h2-7,9-10,12-13H,8,11,14-17H2,1H3. The zero-order valence-electron chi connectivity index (χ0n) is 15.0. The predicted molar refractivity (Wildman–Crippen MR) is 103 cm³/mol. The Morgan fingerprint density at radius 1 is 1.00 bits per heavy atom. The van der Waals surface area contributed by atoms with Crippen molar-refractivity contribution in [3.05, 3.63) is 66.2 Å². The Labute approximate surface area is 155 Å². The number of aryl methyl sites for hydroxylation is 1. The van der Waals surface area contributed by atoms with Crippen molar-refractivity contribution >= 4 is 15.7 Å². The Bertz CT molecular complexity index is 776. The van der Waals surface area contributed by atoms with Crippen LogP contribution < -0.4 is 4.74 Å². The summed E-state index contributed by atoms with van der Waals surface area (Å²) in [5.41, 5.74) is 1.10. The number of hydrogen-bond acceptors (Lipinski definition) is 4. The number of ether oxygens (including phenoxy) is 1. The average molecular weight is 375 g/mol. The molecule has 0 N–H and O–H groups in total. The number of hydrogen-bond donors (Lipinski definition) is 0. The maximum atomic E-state index is 12.2. The minimum absolute atomic E-state index is 0.0159. The van der Waals surface area contributed by atoms with Gasteiger partial charge in [0.2, 0.25) is 5.91 Å². The second-order valence-electron chi connectivity index (χ2n) is 6.16. The molecule has 0 aliphatic heterocycles. The van der Waals surface area contributed by atoms with Crippen LogP contribution in [0.3, 0.4) is 0 Å². The van der Waals surface area contributed by atoms with Gasteiger partial charge in [0.1, 0.15) is 18.1 Å². The maximum Gasteiger partial charge on any atom is 0.237 e. The summed E-state index contributed by atoms with van der Waals surface area (Å²) in [7, 11) is -1.81. The van der Waals surface area contributed by atoms with Crippen molar-refractivity contribution in [2.24, 2.45) is 0 Å². The lowest BCUT2D eigenvalue weighted by atomic mass is 10.1. The second kappa shape index (κ2) is 9.97. The summed E-state index contributed by atoms with van der Waals surface area (Å²) in [6, 6.07) is 19.0. The molecule has 6 heteroatoms. The molecule has 26 heavy (non-hydrogen) atoms. The van der Waals surface area contributed by atoms with Crippen LogP contribution in [0, 0.1) is 0 Å². The molecule has 0 atom stereocenters. The monoisotopic (exact) mass is 375 g/mol. The van der Waals surface area contributed by atoms with Crippen LogP contribution in [0.15, 0.2) is 60.7 Å². The van der Waals surface area contributed by atoms with E-state index in [0.717, 1.165) is 11.3 Å². The lowest BCUT2D eigenvalue weighted by Gasteiger charge is -2.17. The van der Waals surface area contributed by atoms with Gasteiger partial charge in [0, 0.05) is 7.05 Å². The van der Waals surface area contributed by atoms with Crippen molar-refractivity contribution in [1.29, 1.82) is 0 Å². The smallest absolute Gasteiger partial charge is 0.237 e. The summed E-state index contributed by atoms with van der Waals surface area (Å²) in [4.78, 5) is 13.5. The van der Waals surface area contributed by atoms with E-state index in [2.05, 4.69) is 0 Å². The number of rotatable bonds is 10. The minimum atomic E-state index is -3.41. The van der Waals surface area contributed by atoms with Crippen molar-refractivity contribution < 1.29 is 17.9 Å². The topological polar surface area (TPSA) is 63.7 Å². The van der Waals surface area contributed by atoms with Gasteiger partial charge in [-0.15, -0.1) is 0 Å². The number of amides is 1. The van der Waals surface area contributed by atoms with E-state index in [1.54, 1.807) is 7.05 Å². The lowest BCUT2D eigenvalue weighted by molar-refractivity contribution is -0.127. The van der Waals surface area contributed by atoms with Crippen molar-refractivity contribution in [3.8, 4) is 5.75 Å². The molecule has 0 saturated carbocycles. The number of likely N-dealkylation sites (N-methyl/N-ethyl adjacent to an activating group) is 1. The Balaban J connectivity index is 1.70. The molecule has 1 amide bonds. The van der Waals surface area contributed by atoms with Crippen LogP contribution in [0.2, 0.25) is 0 Å². The van der Waals surface area contributed by atoms with Gasteiger partial charge in [0.05, 0.1) is 12.3 Å². The van der Waals surface area contributed by atoms with E-state index < -0.39 is 21.5 Å². The van der Waals surface area contributed by atoms with Crippen LogP contribution in [-0.2, 0) is 21.1 Å². The van der Waals surface area contributed by atoms with E-state index in [-0.39, 0.29) is 5.75 Å². The molecule has 0 heterocycles. The summed E-state index contributed by atoms with van der Waals surface area (Å²) >= 11 is 0. The molecule has 0 aliphatic rings. The Kier molecular flexibility index (Phi) is 7.66. The Morgan fingerprint density at radius 2 is 1.62 bits per heavy atom. The fourth-order valence-electron chi connectivity index (χ4n) is 2.45. The third-order valence-electron chi connectivity index (χ3n) is 3.97. The van der Waals surface area contributed by atoms with Crippen LogP contribution in [-0.4, -0.2) is 50.9 Å². The number of benzene rings is 2. The molecule has 2 aromatic carbocycles. The van der Waals surface area contributed by atoms with E-state index in [9.17, 15) is 13.2 Å². The van der Waals surface area contributed by atoms with Gasteiger partial charge in [-0.05, 0) is 30.5 Å². The number of carbonyl (C=O) groups is 1. The highest BCUT2D eigenvalue weighted by Crippen LogP contribution is 2.08. The molecule has 0 radical (unpaired) electrons. The van der Waals surface area contributed by atoms with Crippen LogP contribution >= 0.6 is 0 Å². The summed E-state index contributed by atoms with van der Waals surface area (Å²) in [6.45, 7) is 0.660. The molecule has 0 saturated heterocycles.